The summed E-state index contributed by atoms with van der Waals surface area (Å²) < 4.78 is 8.51. The molecule has 0 saturated heterocycles. The maximum absolute atomic E-state index is 11.7. The van der Waals surface area contributed by atoms with E-state index in [4.69, 9.17) is 4.74 Å². The minimum atomic E-state index is -0.425. The van der Waals surface area contributed by atoms with Crippen LogP contribution in [0.1, 0.15) is 33.6 Å². The number of carbonyl (C=O) groups is 2. The predicted octanol–water partition coefficient (Wildman–Crippen LogP) is 1.90. The van der Waals surface area contributed by atoms with Crippen molar-refractivity contribution in [3.8, 4) is 0 Å². The number of aryl methyl sites for hydroxylation is 1. The summed E-state index contributed by atoms with van der Waals surface area (Å²) in [5.74, 6) is -0.114. The van der Waals surface area contributed by atoms with Crippen molar-refractivity contribution in [2.75, 3.05) is 7.11 Å². The van der Waals surface area contributed by atoms with Crippen LogP contribution in [-0.4, -0.2) is 38.5 Å². The highest BCUT2D eigenvalue weighted by Gasteiger charge is 2.15. The van der Waals surface area contributed by atoms with Crippen LogP contribution in [-0.2, 0) is 17.8 Å². The summed E-state index contributed by atoms with van der Waals surface area (Å²) in [6.07, 6.45) is 4.22. The second kappa shape index (κ2) is 6.04. The first kappa shape index (κ1) is 15.0. The Bertz CT molecular complexity index is 879. The molecule has 23 heavy (non-hydrogen) atoms. The number of aromatic nitrogens is 4. The first-order valence-corrected chi connectivity index (χ1v) is 7.20. The van der Waals surface area contributed by atoms with Gasteiger partial charge in [0, 0.05) is 12.7 Å². The quantitative estimate of drug-likeness (QED) is 0.531. The highest BCUT2D eigenvalue weighted by Crippen LogP contribution is 2.19. The van der Waals surface area contributed by atoms with Gasteiger partial charge < -0.3 is 13.9 Å². The van der Waals surface area contributed by atoms with Gasteiger partial charge in [-0.2, -0.15) is 0 Å². The molecule has 0 aliphatic carbocycles. The zero-order valence-corrected chi connectivity index (χ0v) is 12.9. The number of ether oxygens (including phenoxy) is 1. The van der Waals surface area contributed by atoms with Crippen LogP contribution in [0.4, 0.5) is 0 Å². The van der Waals surface area contributed by atoms with Crippen molar-refractivity contribution in [3.05, 3.63) is 47.8 Å². The Hall–Kier alpha value is -2.96. The number of hydrogen-bond acceptors (Lipinski definition) is 5. The van der Waals surface area contributed by atoms with Gasteiger partial charge in [-0.1, -0.05) is 0 Å². The van der Waals surface area contributed by atoms with E-state index in [9.17, 15) is 9.59 Å². The van der Waals surface area contributed by atoms with Gasteiger partial charge in [-0.05, 0) is 25.1 Å². The van der Waals surface area contributed by atoms with Crippen LogP contribution in [0.25, 0.3) is 11.0 Å². The van der Waals surface area contributed by atoms with E-state index in [2.05, 4.69) is 9.97 Å². The average molecular weight is 312 g/mol. The molecule has 0 fully saturated rings. The summed E-state index contributed by atoms with van der Waals surface area (Å²) in [6.45, 7) is 3.25. The Morgan fingerprint density at radius 2 is 2.22 bits per heavy atom. The molecule has 3 rings (SSSR count). The monoisotopic (exact) mass is 312 g/mol. The molecule has 0 N–H and O–H groups in total. The van der Waals surface area contributed by atoms with E-state index < -0.39 is 5.97 Å². The fourth-order valence-corrected chi connectivity index (χ4v) is 2.57. The number of imidazole rings is 2. The minimum absolute atomic E-state index is 0.311. The predicted molar refractivity (Wildman–Crippen MR) is 83.5 cm³/mol. The number of benzene rings is 1. The summed E-state index contributed by atoms with van der Waals surface area (Å²) in [6, 6.07) is 5.03. The van der Waals surface area contributed by atoms with Crippen molar-refractivity contribution in [3.63, 3.8) is 0 Å². The lowest BCUT2D eigenvalue weighted by Crippen LogP contribution is -2.09. The molecule has 0 atom stereocenters. The maximum atomic E-state index is 11.7. The summed E-state index contributed by atoms with van der Waals surface area (Å²) >= 11 is 0. The van der Waals surface area contributed by atoms with Gasteiger partial charge in [-0.15, -0.1) is 0 Å². The van der Waals surface area contributed by atoms with E-state index in [1.165, 1.54) is 7.11 Å². The highest BCUT2D eigenvalue weighted by atomic mass is 16.5. The highest BCUT2D eigenvalue weighted by molar-refractivity contribution is 5.94. The number of rotatable bonds is 5. The van der Waals surface area contributed by atoms with Crippen LogP contribution in [0.3, 0.4) is 0 Å². The molecule has 0 amide bonds. The molecule has 0 unspecified atom stereocenters. The van der Waals surface area contributed by atoms with Gasteiger partial charge in [0.15, 0.2) is 12.1 Å². The van der Waals surface area contributed by atoms with Crippen molar-refractivity contribution in [2.24, 2.45) is 0 Å². The van der Waals surface area contributed by atoms with Gasteiger partial charge in [0.05, 0.1) is 42.3 Å². The summed E-state index contributed by atoms with van der Waals surface area (Å²) in [5, 5.41) is 0. The largest absolute Gasteiger partial charge is 0.465 e. The number of fused-ring (bicyclic) bond motifs is 1. The third-order valence-electron chi connectivity index (χ3n) is 3.76. The fraction of sp³-hybridized carbons (Fsp3) is 0.250. The third kappa shape index (κ3) is 2.61. The number of nitrogens with zero attached hydrogens (tertiary/aromatic N) is 4. The van der Waals surface area contributed by atoms with Crippen LogP contribution in [0.15, 0.2) is 30.7 Å². The molecule has 3 aromatic rings. The molecule has 0 bridgehead atoms. The molecule has 0 radical (unpaired) electrons. The summed E-state index contributed by atoms with van der Waals surface area (Å²) in [5.41, 5.74) is 2.74. The Kier molecular flexibility index (Phi) is 3.92. The molecule has 0 spiro atoms. The van der Waals surface area contributed by atoms with Crippen molar-refractivity contribution >= 4 is 23.3 Å². The molecule has 7 heteroatoms. The van der Waals surface area contributed by atoms with Crippen molar-refractivity contribution in [1.29, 1.82) is 0 Å². The zero-order chi connectivity index (χ0) is 16.4. The van der Waals surface area contributed by atoms with Crippen LogP contribution in [0, 0.1) is 0 Å². The van der Waals surface area contributed by atoms with Crippen LogP contribution in [0.2, 0.25) is 0 Å². The van der Waals surface area contributed by atoms with Gasteiger partial charge in [0.2, 0.25) is 0 Å². The molecule has 0 aliphatic heterocycles. The van der Waals surface area contributed by atoms with Gasteiger partial charge in [0.25, 0.3) is 0 Å². The van der Waals surface area contributed by atoms with Gasteiger partial charge >= 0.3 is 5.97 Å². The number of carbonyl (C=O) groups excluding carboxylic acids is 2. The molecule has 0 aliphatic rings. The maximum Gasteiger partial charge on any atom is 0.337 e. The Morgan fingerprint density at radius 1 is 1.39 bits per heavy atom. The average Bonchev–Trinajstić information content (AvgIpc) is 3.18. The van der Waals surface area contributed by atoms with Gasteiger partial charge in [-0.25, -0.2) is 14.8 Å². The first-order valence-electron chi connectivity index (χ1n) is 7.20. The normalized spacial score (nSPS) is 10.9. The van der Waals surface area contributed by atoms with Crippen LogP contribution >= 0.6 is 0 Å². The molecule has 2 heterocycles. The number of methoxy groups -OCH3 is 1. The van der Waals surface area contributed by atoms with E-state index in [0.29, 0.717) is 35.3 Å². The van der Waals surface area contributed by atoms with E-state index in [-0.39, 0.29) is 0 Å². The standard InChI is InChI=1S/C16H16N4O3/c1-3-19-10-17-7-12(19)8-20-14-6-11(16(22)23-2)4-5-13(14)18-15(20)9-21/h4-7,9-10H,3,8H2,1-2H3. The van der Waals surface area contributed by atoms with E-state index in [1.54, 1.807) is 35.3 Å². The molecular weight excluding hydrogens is 296 g/mol. The Balaban J connectivity index is 2.13. The zero-order valence-electron chi connectivity index (χ0n) is 12.9. The Labute approximate surface area is 132 Å². The molecule has 2 aromatic heterocycles. The summed E-state index contributed by atoms with van der Waals surface area (Å²) in [4.78, 5) is 31.5. The van der Waals surface area contributed by atoms with E-state index >= 15 is 0 Å². The molecule has 0 saturated carbocycles. The lowest BCUT2D eigenvalue weighted by Gasteiger charge is -2.09. The van der Waals surface area contributed by atoms with Crippen LogP contribution < -0.4 is 0 Å². The van der Waals surface area contributed by atoms with Crippen molar-refractivity contribution in [2.45, 2.75) is 20.0 Å². The minimum Gasteiger partial charge on any atom is -0.465 e. The number of hydrogen-bond donors (Lipinski definition) is 0. The summed E-state index contributed by atoms with van der Waals surface area (Å²) in [7, 11) is 1.33. The lowest BCUT2D eigenvalue weighted by atomic mass is 10.2. The number of aldehydes is 1. The van der Waals surface area contributed by atoms with Gasteiger partial charge in [0.1, 0.15) is 0 Å². The Morgan fingerprint density at radius 3 is 2.91 bits per heavy atom. The second-order valence-corrected chi connectivity index (χ2v) is 5.04. The van der Waals surface area contributed by atoms with Crippen molar-refractivity contribution in [1.82, 2.24) is 19.1 Å². The topological polar surface area (TPSA) is 79.0 Å². The van der Waals surface area contributed by atoms with E-state index in [1.807, 2.05) is 11.5 Å². The van der Waals surface area contributed by atoms with Crippen molar-refractivity contribution < 1.29 is 14.3 Å². The van der Waals surface area contributed by atoms with Crippen LogP contribution in [0.5, 0.6) is 0 Å². The first-order chi connectivity index (χ1) is 11.2. The smallest absolute Gasteiger partial charge is 0.337 e. The SMILES string of the molecule is CCn1cncc1Cn1c(C=O)nc2ccc(C(=O)OC)cc21. The lowest BCUT2D eigenvalue weighted by molar-refractivity contribution is 0.0601. The molecule has 1 aromatic carbocycles. The molecule has 7 nitrogen and oxygen atoms in total. The van der Waals surface area contributed by atoms with E-state index in [0.717, 1.165) is 12.2 Å². The third-order valence-corrected chi connectivity index (χ3v) is 3.76. The number of esters is 1. The fourth-order valence-electron chi connectivity index (χ4n) is 2.57. The second-order valence-electron chi connectivity index (χ2n) is 5.04. The van der Waals surface area contributed by atoms with Gasteiger partial charge in [-0.3, -0.25) is 4.79 Å². The molecule has 118 valence electrons. The molecular formula is C16H16N4O3.